The molecule has 0 atom stereocenters. The molecule has 134 valence electrons. The molecule has 0 aliphatic carbocycles. The van der Waals surface area contributed by atoms with Crippen molar-refractivity contribution in [1.29, 1.82) is 0 Å². The van der Waals surface area contributed by atoms with Crippen molar-refractivity contribution in [3.05, 3.63) is 63.7 Å². The standard InChI is InChI=1S/C19H19ClN4O2/c20-16-4-3-13(8-17(16)24-6-5-22-19(24)26)18(25)23-9-12-1-2-14-10-21-11-15(14)7-12/h1-4,7-8,21H,5-6,9-11H2,(H,22,26)(H,23,25). The van der Waals surface area contributed by atoms with Crippen LogP contribution in [-0.4, -0.2) is 25.0 Å². The van der Waals surface area contributed by atoms with E-state index in [0.717, 1.165) is 18.7 Å². The number of anilines is 1. The lowest BCUT2D eigenvalue weighted by Gasteiger charge is -2.17. The normalized spacial score (nSPS) is 15.7. The van der Waals surface area contributed by atoms with Crippen molar-refractivity contribution in [2.45, 2.75) is 19.6 Å². The van der Waals surface area contributed by atoms with E-state index in [1.54, 1.807) is 23.1 Å². The number of benzene rings is 2. The van der Waals surface area contributed by atoms with Crippen LogP contribution in [0.25, 0.3) is 0 Å². The lowest BCUT2D eigenvalue weighted by atomic mass is 10.1. The summed E-state index contributed by atoms with van der Waals surface area (Å²) < 4.78 is 0. The second-order valence-electron chi connectivity index (χ2n) is 6.44. The third kappa shape index (κ3) is 3.25. The number of hydrogen-bond acceptors (Lipinski definition) is 3. The van der Waals surface area contributed by atoms with E-state index in [4.69, 9.17) is 11.6 Å². The van der Waals surface area contributed by atoms with E-state index in [1.165, 1.54) is 11.1 Å². The number of carbonyl (C=O) groups is 2. The van der Waals surface area contributed by atoms with E-state index in [0.29, 0.717) is 35.9 Å². The Morgan fingerprint density at radius 1 is 1.15 bits per heavy atom. The summed E-state index contributed by atoms with van der Waals surface area (Å²) in [5.41, 5.74) is 4.69. The Bertz CT molecular complexity index is 884. The predicted octanol–water partition coefficient (Wildman–Crippen LogP) is 2.40. The largest absolute Gasteiger partial charge is 0.348 e. The van der Waals surface area contributed by atoms with Crippen LogP contribution in [0.2, 0.25) is 5.02 Å². The molecule has 1 fully saturated rings. The van der Waals surface area contributed by atoms with Crippen LogP contribution in [0, 0.1) is 0 Å². The molecule has 2 aromatic carbocycles. The Balaban J connectivity index is 1.47. The molecule has 0 aromatic heterocycles. The van der Waals surface area contributed by atoms with Gasteiger partial charge in [-0.2, -0.15) is 0 Å². The van der Waals surface area contributed by atoms with Gasteiger partial charge in [0.1, 0.15) is 0 Å². The highest BCUT2D eigenvalue weighted by atomic mass is 35.5. The van der Waals surface area contributed by atoms with Gasteiger partial charge >= 0.3 is 6.03 Å². The summed E-state index contributed by atoms with van der Waals surface area (Å²) >= 11 is 6.21. The number of amides is 3. The van der Waals surface area contributed by atoms with Gasteiger partial charge in [0.2, 0.25) is 0 Å². The third-order valence-corrected chi connectivity index (χ3v) is 5.03. The summed E-state index contributed by atoms with van der Waals surface area (Å²) in [4.78, 5) is 25.9. The summed E-state index contributed by atoms with van der Waals surface area (Å²) in [6, 6.07) is 11.0. The molecule has 0 radical (unpaired) electrons. The van der Waals surface area contributed by atoms with Gasteiger partial charge in [-0.25, -0.2) is 4.79 Å². The maximum absolute atomic E-state index is 12.5. The van der Waals surface area contributed by atoms with Gasteiger partial charge in [0, 0.05) is 38.3 Å². The first-order valence-electron chi connectivity index (χ1n) is 8.56. The lowest BCUT2D eigenvalue weighted by molar-refractivity contribution is 0.0951. The van der Waals surface area contributed by atoms with Gasteiger partial charge in [-0.15, -0.1) is 0 Å². The highest BCUT2D eigenvalue weighted by molar-refractivity contribution is 6.34. The van der Waals surface area contributed by atoms with Crippen molar-refractivity contribution in [3.63, 3.8) is 0 Å². The first-order chi connectivity index (χ1) is 12.6. The molecule has 1 saturated heterocycles. The van der Waals surface area contributed by atoms with E-state index < -0.39 is 0 Å². The number of halogens is 1. The Morgan fingerprint density at radius 3 is 2.81 bits per heavy atom. The number of nitrogens with zero attached hydrogens (tertiary/aromatic N) is 1. The Labute approximate surface area is 156 Å². The molecule has 2 aromatic rings. The van der Waals surface area contributed by atoms with E-state index in [9.17, 15) is 9.59 Å². The molecule has 3 amide bonds. The van der Waals surface area contributed by atoms with Crippen LogP contribution in [0.4, 0.5) is 10.5 Å². The average Bonchev–Trinajstić information content (AvgIpc) is 3.28. The zero-order valence-corrected chi connectivity index (χ0v) is 14.9. The summed E-state index contributed by atoms with van der Waals surface area (Å²) in [6.07, 6.45) is 0. The van der Waals surface area contributed by atoms with Crippen LogP contribution in [-0.2, 0) is 19.6 Å². The molecule has 2 heterocycles. The molecule has 7 heteroatoms. The Hall–Kier alpha value is -2.57. The second kappa shape index (κ2) is 6.97. The van der Waals surface area contributed by atoms with Gasteiger partial charge in [0.25, 0.3) is 5.91 Å². The molecule has 0 spiro atoms. The minimum atomic E-state index is -0.198. The van der Waals surface area contributed by atoms with Gasteiger partial charge in [0.15, 0.2) is 0 Å². The minimum absolute atomic E-state index is 0.193. The number of rotatable bonds is 4. The van der Waals surface area contributed by atoms with Crippen molar-refractivity contribution in [3.8, 4) is 0 Å². The zero-order valence-electron chi connectivity index (χ0n) is 14.1. The molecule has 0 unspecified atom stereocenters. The van der Waals surface area contributed by atoms with Crippen molar-refractivity contribution in [2.24, 2.45) is 0 Å². The lowest BCUT2D eigenvalue weighted by Crippen LogP contribution is -2.28. The van der Waals surface area contributed by atoms with E-state index in [2.05, 4.69) is 28.1 Å². The molecular formula is C19H19ClN4O2. The molecule has 0 saturated carbocycles. The summed E-state index contributed by atoms with van der Waals surface area (Å²) in [5.74, 6) is -0.193. The van der Waals surface area contributed by atoms with E-state index >= 15 is 0 Å². The number of carbonyl (C=O) groups excluding carboxylic acids is 2. The highest BCUT2D eigenvalue weighted by Crippen LogP contribution is 2.28. The van der Waals surface area contributed by atoms with E-state index in [1.807, 2.05) is 6.07 Å². The quantitative estimate of drug-likeness (QED) is 0.773. The fraction of sp³-hybridized carbons (Fsp3) is 0.263. The minimum Gasteiger partial charge on any atom is -0.348 e. The fourth-order valence-corrected chi connectivity index (χ4v) is 3.52. The molecular weight excluding hydrogens is 352 g/mol. The predicted molar refractivity (Wildman–Crippen MR) is 100 cm³/mol. The van der Waals surface area contributed by atoms with Gasteiger partial charge in [-0.05, 0) is 34.9 Å². The Kier molecular flexibility index (Phi) is 4.53. The zero-order chi connectivity index (χ0) is 18.1. The molecule has 3 N–H and O–H groups in total. The van der Waals surface area contributed by atoms with Gasteiger partial charge in [0.05, 0.1) is 10.7 Å². The van der Waals surface area contributed by atoms with Crippen LogP contribution < -0.4 is 20.9 Å². The molecule has 6 nitrogen and oxygen atoms in total. The van der Waals surface area contributed by atoms with Gasteiger partial charge in [-0.3, -0.25) is 9.69 Å². The third-order valence-electron chi connectivity index (χ3n) is 4.71. The number of nitrogens with one attached hydrogen (secondary N) is 3. The van der Waals surface area contributed by atoms with Crippen LogP contribution >= 0.6 is 11.6 Å². The van der Waals surface area contributed by atoms with Crippen LogP contribution in [0.1, 0.15) is 27.0 Å². The maximum atomic E-state index is 12.5. The number of urea groups is 1. The number of fused-ring (bicyclic) bond motifs is 1. The van der Waals surface area contributed by atoms with Crippen molar-refractivity contribution in [1.82, 2.24) is 16.0 Å². The fourth-order valence-electron chi connectivity index (χ4n) is 3.30. The monoisotopic (exact) mass is 370 g/mol. The second-order valence-corrected chi connectivity index (χ2v) is 6.85. The van der Waals surface area contributed by atoms with Crippen molar-refractivity contribution < 1.29 is 9.59 Å². The van der Waals surface area contributed by atoms with Crippen molar-refractivity contribution >= 4 is 29.2 Å². The molecule has 0 bridgehead atoms. The van der Waals surface area contributed by atoms with Gasteiger partial charge < -0.3 is 16.0 Å². The SMILES string of the molecule is O=C(NCc1ccc2c(c1)CNC2)c1ccc(Cl)c(N2CCNC2=O)c1. The topological polar surface area (TPSA) is 73.5 Å². The maximum Gasteiger partial charge on any atom is 0.322 e. The smallest absolute Gasteiger partial charge is 0.322 e. The summed E-state index contributed by atoms with van der Waals surface area (Å²) in [7, 11) is 0. The summed E-state index contributed by atoms with van der Waals surface area (Å²) in [6.45, 7) is 3.33. The number of hydrogen-bond donors (Lipinski definition) is 3. The van der Waals surface area contributed by atoms with Crippen LogP contribution in [0.5, 0.6) is 0 Å². The molecule has 2 aliphatic rings. The Morgan fingerprint density at radius 2 is 2.00 bits per heavy atom. The molecule has 4 rings (SSSR count). The summed E-state index contributed by atoms with van der Waals surface area (Å²) in [5, 5.41) is 9.43. The average molecular weight is 371 g/mol. The highest BCUT2D eigenvalue weighted by Gasteiger charge is 2.24. The van der Waals surface area contributed by atoms with Crippen LogP contribution in [0.3, 0.4) is 0 Å². The van der Waals surface area contributed by atoms with Crippen molar-refractivity contribution in [2.75, 3.05) is 18.0 Å². The molecule has 2 aliphatic heterocycles. The molecule has 26 heavy (non-hydrogen) atoms. The first-order valence-corrected chi connectivity index (χ1v) is 8.94. The first kappa shape index (κ1) is 16.9. The van der Waals surface area contributed by atoms with Gasteiger partial charge in [-0.1, -0.05) is 29.8 Å². The van der Waals surface area contributed by atoms with E-state index in [-0.39, 0.29) is 11.9 Å². The van der Waals surface area contributed by atoms with Crippen LogP contribution in [0.15, 0.2) is 36.4 Å².